The molecule has 118 valence electrons. The van der Waals surface area contributed by atoms with Crippen LogP contribution in [0, 0.1) is 0 Å². The number of nitrogens with one attached hydrogen (secondary N) is 1. The minimum absolute atomic E-state index is 0.153. The van der Waals surface area contributed by atoms with Gasteiger partial charge in [-0.15, -0.1) is 0 Å². The molecule has 1 unspecified atom stereocenters. The first kappa shape index (κ1) is 16.8. The van der Waals surface area contributed by atoms with Crippen molar-refractivity contribution in [1.29, 1.82) is 0 Å². The smallest absolute Gasteiger partial charge is 0.240 e. The molecule has 0 spiro atoms. The van der Waals surface area contributed by atoms with E-state index in [4.69, 9.17) is 5.11 Å². The molecule has 0 radical (unpaired) electrons. The second kappa shape index (κ2) is 8.17. The number of aliphatic hydroxyl groups is 1. The van der Waals surface area contributed by atoms with Crippen molar-refractivity contribution in [2.45, 2.75) is 42.2 Å². The second-order valence-corrected chi connectivity index (χ2v) is 8.49. The zero-order valence-corrected chi connectivity index (χ0v) is 13.8. The first-order valence-electron chi connectivity index (χ1n) is 7.43. The zero-order valence-electron chi connectivity index (χ0n) is 12.1. The predicted molar refractivity (Wildman–Crippen MR) is 87.1 cm³/mol. The third kappa shape index (κ3) is 5.29. The Balaban J connectivity index is 1.91. The summed E-state index contributed by atoms with van der Waals surface area (Å²) in [5.41, 5.74) is 1.05. The van der Waals surface area contributed by atoms with Crippen molar-refractivity contribution in [2.24, 2.45) is 0 Å². The third-order valence-electron chi connectivity index (χ3n) is 3.63. The first-order valence-corrected chi connectivity index (χ1v) is 9.96. The number of benzene rings is 1. The molecular formula is C15H23NO3S2. The highest BCUT2D eigenvalue weighted by molar-refractivity contribution is 8.00. The Bertz CT molecular complexity index is 522. The average Bonchev–Trinajstić information content (AvgIpc) is 2.52. The fourth-order valence-electron chi connectivity index (χ4n) is 2.37. The van der Waals surface area contributed by atoms with Crippen LogP contribution in [0.15, 0.2) is 29.2 Å². The Morgan fingerprint density at radius 3 is 2.62 bits per heavy atom. The van der Waals surface area contributed by atoms with Gasteiger partial charge in [0, 0.05) is 18.4 Å². The Morgan fingerprint density at radius 2 is 2.00 bits per heavy atom. The van der Waals surface area contributed by atoms with Crippen LogP contribution in [0.1, 0.15) is 31.2 Å². The maximum atomic E-state index is 12.2. The number of aliphatic hydroxyl groups excluding tert-OH is 1. The van der Waals surface area contributed by atoms with Crippen LogP contribution in [0.2, 0.25) is 0 Å². The maximum Gasteiger partial charge on any atom is 0.240 e. The Labute approximate surface area is 131 Å². The van der Waals surface area contributed by atoms with Crippen molar-refractivity contribution in [3.8, 4) is 0 Å². The molecule has 0 aromatic heterocycles. The van der Waals surface area contributed by atoms with E-state index in [1.54, 1.807) is 12.1 Å². The lowest BCUT2D eigenvalue weighted by atomic mass is 10.1. The van der Waals surface area contributed by atoms with E-state index in [1.807, 2.05) is 23.9 Å². The summed E-state index contributed by atoms with van der Waals surface area (Å²) >= 11 is 1.86. The summed E-state index contributed by atoms with van der Waals surface area (Å²) < 4.78 is 27.2. The van der Waals surface area contributed by atoms with E-state index < -0.39 is 10.0 Å². The largest absolute Gasteiger partial charge is 0.396 e. The fourth-order valence-corrected chi connectivity index (χ4v) is 4.80. The van der Waals surface area contributed by atoms with Gasteiger partial charge < -0.3 is 5.11 Å². The van der Waals surface area contributed by atoms with Crippen LogP contribution in [0.3, 0.4) is 0 Å². The predicted octanol–water partition coefficient (Wildman–Crippen LogP) is 2.18. The molecule has 1 fully saturated rings. The van der Waals surface area contributed by atoms with Gasteiger partial charge in [-0.25, -0.2) is 13.1 Å². The van der Waals surface area contributed by atoms with Crippen LogP contribution in [0.4, 0.5) is 0 Å². The summed E-state index contributed by atoms with van der Waals surface area (Å²) in [6.45, 7) is 0.667. The van der Waals surface area contributed by atoms with Gasteiger partial charge in [-0.3, -0.25) is 0 Å². The van der Waals surface area contributed by atoms with Crippen molar-refractivity contribution in [2.75, 3.05) is 18.9 Å². The molecule has 0 saturated carbocycles. The van der Waals surface area contributed by atoms with Gasteiger partial charge in [0.2, 0.25) is 10.0 Å². The van der Waals surface area contributed by atoms with Crippen LogP contribution >= 0.6 is 11.8 Å². The van der Waals surface area contributed by atoms with Crippen molar-refractivity contribution in [3.63, 3.8) is 0 Å². The Kier molecular flexibility index (Phi) is 6.54. The van der Waals surface area contributed by atoms with Crippen molar-refractivity contribution in [3.05, 3.63) is 29.8 Å². The number of hydrogen-bond donors (Lipinski definition) is 2. The standard InChI is InChI=1S/C15H23NO3S2/c17-10-3-4-13-6-8-15(9-7-13)21(18,19)16-12-14-5-1-2-11-20-14/h6-9,14,16-17H,1-5,10-12H2. The van der Waals surface area contributed by atoms with Gasteiger partial charge in [-0.1, -0.05) is 18.6 Å². The summed E-state index contributed by atoms with van der Waals surface area (Å²) in [5.74, 6) is 1.13. The molecule has 0 amide bonds. The molecule has 0 aliphatic carbocycles. The summed E-state index contributed by atoms with van der Waals surface area (Å²) in [6, 6.07) is 6.92. The van der Waals surface area contributed by atoms with E-state index in [2.05, 4.69) is 4.72 Å². The van der Waals surface area contributed by atoms with Gasteiger partial charge in [-0.05, 0) is 49.1 Å². The monoisotopic (exact) mass is 329 g/mol. The van der Waals surface area contributed by atoms with Crippen LogP contribution in [0.25, 0.3) is 0 Å². The van der Waals surface area contributed by atoms with E-state index in [1.165, 1.54) is 12.8 Å². The lowest BCUT2D eigenvalue weighted by molar-refractivity contribution is 0.288. The number of sulfonamides is 1. The normalized spacial score (nSPS) is 19.6. The molecule has 6 heteroatoms. The second-order valence-electron chi connectivity index (χ2n) is 5.31. The van der Waals surface area contributed by atoms with Crippen molar-refractivity contribution < 1.29 is 13.5 Å². The molecule has 1 aliphatic rings. The molecule has 1 aromatic rings. The maximum absolute atomic E-state index is 12.2. The number of aryl methyl sites for hydroxylation is 1. The summed E-state index contributed by atoms with van der Waals surface area (Å²) in [6.07, 6.45) is 4.99. The number of thioether (sulfide) groups is 1. The van der Waals surface area contributed by atoms with Gasteiger partial charge >= 0.3 is 0 Å². The zero-order chi connectivity index (χ0) is 15.1. The van der Waals surface area contributed by atoms with Crippen LogP contribution < -0.4 is 4.72 Å². The molecule has 4 nitrogen and oxygen atoms in total. The molecule has 1 aliphatic heterocycles. The van der Waals surface area contributed by atoms with Gasteiger partial charge in [0.25, 0.3) is 0 Å². The van der Waals surface area contributed by atoms with Gasteiger partial charge in [-0.2, -0.15) is 11.8 Å². The first-order chi connectivity index (χ1) is 10.1. The highest BCUT2D eigenvalue weighted by Gasteiger charge is 2.19. The Morgan fingerprint density at radius 1 is 1.24 bits per heavy atom. The lowest BCUT2D eigenvalue weighted by Gasteiger charge is -2.21. The molecule has 1 atom stereocenters. The van der Waals surface area contributed by atoms with E-state index >= 15 is 0 Å². The van der Waals surface area contributed by atoms with E-state index in [0.29, 0.717) is 23.1 Å². The van der Waals surface area contributed by atoms with Crippen molar-refractivity contribution in [1.82, 2.24) is 4.72 Å². The molecule has 1 aromatic carbocycles. The van der Waals surface area contributed by atoms with Crippen LogP contribution in [-0.2, 0) is 16.4 Å². The highest BCUT2D eigenvalue weighted by Crippen LogP contribution is 2.24. The molecule has 2 rings (SSSR count). The minimum atomic E-state index is -3.41. The van der Waals surface area contributed by atoms with Crippen molar-refractivity contribution >= 4 is 21.8 Å². The van der Waals surface area contributed by atoms with Gasteiger partial charge in [0.05, 0.1) is 4.90 Å². The third-order valence-corrected chi connectivity index (χ3v) is 6.47. The van der Waals surface area contributed by atoms with Gasteiger partial charge in [0.1, 0.15) is 0 Å². The minimum Gasteiger partial charge on any atom is -0.396 e. The average molecular weight is 329 g/mol. The van der Waals surface area contributed by atoms with Crippen LogP contribution in [0.5, 0.6) is 0 Å². The molecule has 21 heavy (non-hydrogen) atoms. The van der Waals surface area contributed by atoms with Crippen LogP contribution in [-0.4, -0.2) is 37.7 Å². The summed E-state index contributed by atoms with van der Waals surface area (Å²) in [7, 11) is -3.41. The highest BCUT2D eigenvalue weighted by atomic mass is 32.2. The molecule has 2 N–H and O–H groups in total. The Hall–Kier alpha value is -0.560. The molecule has 0 bridgehead atoms. The lowest BCUT2D eigenvalue weighted by Crippen LogP contribution is -2.31. The van der Waals surface area contributed by atoms with E-state index in [-0.39, 0.29) is 6.61 Å². The molecule has 1 heterocycles. The summed E-state index contributed by atoms with van der Waals surface area (Å²) in [5, 5.41) is 9.20. The molecular weight excluding hydrogens is 306 g/mol. The quantitative estimate of drug-likeness (QED) is 0.805. The summed E-state index contributed by atoms with van der Waals surface area (Å²) in [4.78, 5) is 0.316. The topological polar surface area (TPSA) is 66.4 Å². The number of hydrogen-bond acceptors (Lipinski definition) is 4. The van der Waals surface area contributed by atoms with E-state index in [9.17, 15) is 8.42 Å². The number of rotatable bonds is 7. The fraction of sp³-hybridized carbons (Fsp3) is 0.600. The molecule has 1 saturated heterocycles. The SMILES string of the molecule is O=S(=O)(NCC1CCCCS1)c1ccc(CCCO)cc1. The van der Waals surface area contributed by atoms with E-state index in [0.717, 1.165) is 24.2 Å². The van der Waals surface area contributed by atoms with Gasteiger partial charge in [0.15, 0.2) is 0 Å².